The Morgan fingerprint density at radius 2 is 1.74 bits per heavy atom. The second-order valence-electron chi connectivity index (χ2n) is 8.06. The van der Waals surface area contributed by atoms with E-state index in [1.165, 1.54) is 0 Å². The molecule has 2 aliphatic carbocycles. The lowest BCUT2D eigenvalue weighted by Gasteiger charge is -2.28. The highest BCUT2D eigenvalue weighted by Gasteiger charge is 2.66. The summed E-state index contributed by atoms with van der Waals surface area (Å²) >= 11 is 22.0. The Balaban J connectivity index is 1.33. The van der Waals surface area contributed by atoms with Crippen LogP contribution in [0, 0.1) is 30.6 Å². The molecule has 0 spiro atoms. The van der Waals surface area contributed by atoms with E-state index >= 15 is 0 Å². The number of carbonyl (C=O) groups excluding carboxylic acids is 4. The first kappa shape index (κ1) is 22.8. The summed E-state index contributed by atoms with van der Waals surface area (Å²) in [7, 11) is 0. The second-order valence-corrected chi connectivity index (χ2v) is 10.3. The molecule has 0 unspecified atom stereocenters. The molecule has 166 valence electrons. The van der Waals surface area contributed by atoms with Crippen molar-refractivity contribution in [1.82, 2.24) is 4.90 Å². The number of imide groups is 1. The standard InChI is InChI=1S/C20H18BrCl3N2O5/c1-7-2-10(21)11(22)4-12(7)25-13(27)6-31-14(28)5-26-19(29)15-8-3-9(16(15)20(26)30)18(24)17(8)23/h2,4,8-9,15-18H,3,5-6H2,1H3,(H,25,27)/t8-,9-,15-,16-,17-,18+/m1/s1. The number of carbonyl (C=O) groups is 4. The lowest BCUT2D eigenvalue weighted by molar-refractivity contribution is -0.154. The zero-order valence-electron chi connectivity index (χ0n) is 16.2. The van der Waals surface area contributed by atoms with Gasteiger partial charge in [-0.25, -0.2) is 0 Å². The Kier molecular flexibility index (Phi) is 6.29. The highest BCUT2D eigenvalue weighted by molar-refractivity contribution is 9.10. The maximum Gasteiger partial charge on any atom is 0.326 e. The van der Waals surface area contributed by atoms with Crippen LogP contribution in [0.2, 0.25) is 5.02 Å². The SMILES string of the molecule is Cc1cc(Br)c(Cl)cc1NC(=O)COC(=O)CN1C(=O)[C@@H]2[C@H]3C[C@@H]([C@@H](Cl)[C@H]3Cl)[C@H]2C1=O. The quantitative estimate of drug-likeness (QED) is 0.344. The number of esters is 1. The number of hydrogen-bond acceptors (Lipinski definition) is 5. The molecule has 1 aromatic carbocycles. The summed E-state index contributed by atoms with van der Waals surface area (Å²) in [6.07, 6.45) is 0.646. The zero-order chi connectivity index (χ0) is 22.6. The van der Waals surface area contributed by atoms with Crippen LogP contribution in [0.5, 0.6) is 0 Å². The molecule has 1 aliphatic heterocycles. The van der Waals surface area contributed by atoms with E-state index in [0.717, 1.165) is 10.5 Å². The smallest absolute Gasteiger partial charge is 0.326 e. The average Bonchev–Trinajstić information content (AvgIpc) is 3.31. The van der Waals surface area contributed by atoms with Gasteiger partial charge in [0.15, 0.2) is 6.61 Å². The lowest BCUT2D eigenvalue weighted by atomic mass is 9.80. The molecule has 0 aromatic heterocycles. The summed E-state index contributed by atoms with van der Waals surface area (Å²) in [6.45, 7) is 0.683. The van der Waals surface area contributed by atoms with Gasteiger partial charge in [-0.1, -0.05) is 11.6 Å². The van der Waals surface area contributed by atoms with E-state index in [1.807, 2.05) is 0 Å². The molecular weight excluding hydrogens is 534 g/mol. The number of benzene rings is 1. The molecule has 2 bridgehead atoms. The molecule has 1 heterocycles. The maximum atomic E-state index is 12.8. The molecule has 3 fully saturated rings. The van der Waals surface area contributed by atoms with Crippen molar-refractivity contribution in [1.29, 1.82) is 0 Å². The number of halogens is 4. The average molecular weight is 553 g/mol. The van der Waals surface area contributed by atoms with Crippen LogP contribution < -0.4 is 5.32 Å². The molecule has 7 nitrogen and oxygen atoms in total. The number of nitrogens with one attached hydrogen (secondary N) is 1. The number of rotatable bonds is 5. The molecule has 2 saturated carbocycles. The molecule has 31 heavy (non-hydrogen) atoms. The number of hydrogen-bond donors (Lipinski definition) is 1. The Bertz CT molecular complexity index is 958. The van der Waals surface area contributed by atoms with Gasteiger partial charge in [-0.2, -0.15) is 0 Å². The van der Waals surface area contributed by atoms with Crippen molar-refractivity contribution in [2.75, 3.05) is 18.5 Å². The van der Waals surface area contributed by atoms with Crippen molar-refractivity contribution >= 4 is 80.1 Å². The van der Waals surface area contributed by atoms with Gasteiger partial charge in [0.1, 0.15) is 6.54 Å². The Hall–Kier alpha value is -1.35. The van der Waals surface area contributed by atoms with Crippen LogP contribution in [0.15, 0.2) is 16.6 Å². The maximum absolute atomic E-state index is 12.8. The van der Waals surface area contributed by atoms with Crippen LogP contribution >= 0.6 is 50.7 Å². The molecule has 1 saturated heterocycles. The van der Waals surface area contributed by atoms with Gasteiger partial charge in [-0.3, -0.25) is 24.1 Å². The van der Waals surface area contributed by atoms with Crippen LogP contribution in [-0.2, 0) is 23.9 Å². The fourth-order valence-corrected chi connectivity index (χ4v) is 6.37. The number of fused-ring (bicyclic) bond motifs is 5. The largest absolute Gasteiger partial charge is 0.454 e. The third kappa shape index (κ3) is 3.96. The van der Waals surface area contributed by atoms with Gasteiger partial charge in [0.05, 0.1) is 27.6 Å². The van der Waals surface area contributed by atoms with E-state index in [1.54, 1.807) is 19.1 Å². The van der Waals surface area contributed by atoms with Gasteiger partial charge >= 0.3 is 5.97 Å². The fraction of sp³-hybridized carbons (Fsp3) is 0.500. The van der Waals surface area contributed by atoms with E-state index < -0.39 is 48.7 Å². The molecule has 3 aliphatic rings. The highest BCUT2D eigenvalue weighted by Crippen LogP contribution is 2.59. The number of alkyl halides is 2. The second kappa shape index (κ2) is 8.54. The molecule has 0 radical (unpaired) electrons. The van der Waals surface area contributed by atoms with E-state index in [9.17, 15) is 19.2 Å². The summed E-state index contributed by atoms with van der Waals surface area (Å²) < 4.78 is 5.66. The van der Waals surface area contributed by atoms with E-state index in [0.29, 0.717) is 21.6 Å². The molecule has 1 aromatic rings. The van der Waals surface area contributed by atoms with Gasteiger partial charge in [-0.05, 0) is 58.8 Å². The highest BCUT2D eigenvalue weighted by atomic mass is 79.9. The van der Waals surface area contributed by atoms with Gasteiger partial charge in [0.2, 0.25) is 11.8 Å². The van der Waals surface area contributed by atoms with Crippen molar-refractivity contribution in [2.24, 2.45) is 23.7 Å². The number of anilines is 1. The number of nitrogens with zero attached hydrogens (tertiary/aromatic N) is 1. The third-order valence-electron chi connectivity index (χ3n) is 6.27. The van der Waals surface area contributed by atoms with Crippen molar-refractivity contribution < 1.29 is 23.9 Å². The number of ether oxygens (including phenoxy) is 1. The van der Waals surface area contributed by atoms with E-state index in [-0.39, 0.29) is 22.6 Å². The van der Waals surface area contributed by atoms with Gasteiger partial charge in [0.25, 0.3) is 5.91 Å². The van der Waals surface area contributed by atoms with Gasteiger partial charge in [0, 0.05) is 10.2 Å². The normalized spacial score (nSPS) is 31.2. The number of likely N-dealkylation sites (tertiary alicyclic amines) is 1. The lowest BCUT2D eigenvalue weighted by Crippen LogP contribution is -2.38. The van der Waals surface area contributed by atoms with Crippen molar-refractivity contribution in [3.05, 3.63) is 27.2 Å². The minimum absolute atomic E-state index is 0.164. The van der Waals surface area contributed by atoms with Crippen molar-refractivity contribution in [2.45, 2.75) is 24.1 Å². The molecular formula is C20H18BrCl3N2O5. The number of amides is 3. The van der Waals surface area contributed by atoms with Crippen LogP contribution in [0.25, 0.3) is 0 Å². The third-order valence-corrected chi connectivity index (χ3v) is 8.79. The summed E-state index contributed by atoms with van der Waals surface area (Å²) in [4.78, 5) is 50.8. The molecule has 3 amide bonds. The molecule has 11 heteroatoms. The van der Waals surface area contributed by atoms with E-state index in [2.05, 4.69) is 21.2 Å². The number of aryl methyl sites for hydroxylation is 1. The van der Waals surface area contributed by atoms with Gasteiger partial charge < -0.3 is 10.1 Å². The van der Waals surface area contributed by atoms with Crippen LogP contribution in [0.4, 0.5) is 5.69 Å². The first-order chi connectivity index (χ1) is 14.6. The van der Waals surface area contributed by atoms with Crippen LogP contribution in [0.1, 0.15) is 12.0 Å². The molecule has 6 atom stereocenters. The first-order valence-electron chi connectivity index (χ1n) is 9.64. The van der Waals surface area contributed by atoms with E-state index in [4.69, 9.17) is 39.5 Å². The topological polar surface area (TPSA) is 92.8 Å². The summed E-state index contributed by atoms with van der Waals surface area (Å²) in [5.41, 5.74) is 1.24. The minimum Gasteiger partial charge on any atom is -0.454 e. The summed E-state index contributed by atoms with van der Waals surface area (Å²) in [6, 6.07) is 3.32. The predicted molar refractivity (Wildman–Crippen MR) is 118 cm³/mol. The Morgan fingerprint density at radius 3 is 2.32 bits per heavy atom. The minimum atomic E-state index is -0.848. The van der Waals surface area contributed by atoms with Crippen molar-refractivity contribution in [3.8, 4) is 0 Å². The van der Waals surface area contributed by atoms with Crippen LogP contribution in [0.3, 0.4) is 0 Å². The first-order valence-corrected chi connectivity index (χ1v) is 11.7. The summed E-state index contributed by atoms with van der Waals surface area (Å²) in [5.74, 6) is -3.64. The van der Waals surface area contributed by atoms with Crippen LogP contribution in [-0.4, -0.2) is 52.5 Å². The zero-order valence-corrected chi connectivity index (χ0v) is 20.1. The Labute approximate surface area is 201 Å². The van der Waals surface area contributed by atoms with Gasteiger partial charge in [-0.15, -0.1) is 23.2 Å². The fourth-order valence-electron chi connectivity index (χ4n) is 4.85. The molecule has 4 rings (SSSR count). The van der Waals surface area contributed by atoms with Crippen molar-refractivity contribution in [3.63, 3.8) is 0 Å². The predicted octanol–water partition coefficient (Wildman–Crippen LogP) is 3.36. The summed E-state index contributed by atoms with van der Waals surface area (Å²) in [5, 5.41) is 2.30. The monoisotopic (exact) mass is 550 g/mol. The molecule has 1 N–H and O–H groups in total. The Morgan fingerprint density at radius 1 is 1.16 bits per heavy atom.